The van der Waals surface area contributed by atoms with E-state index in [9.17, 15) is 4.79 Å². The molecular weight excluding hydrogens is 192 g/mol. The van der Waals surface area contributed by atoms with Gasteiger partial charge in [-0.25, -0.2) is 0 Å². The summed E-state index contributed by atoms with van der Waals surface area (Å²) in [6.07, 6.45) is 0.208. The van der Waals surface area contributed by atoms with Crippen LogP contribution in [0.1, 0.15) is 27.7 Å². The molecule has 2 atom stereocenters. The molecule has 0 saturated heterocycles. The monoisotopic (exact) mass is 216 g/mol. The maximum Gasteiger partial charge on any atom is 0.226 e. The number of ether oxygens (including phenoxy) is 1. The van der Waals surface area contributed by atoms with Crippen LogP contribution in [0.2, 0.25) is 0 Å². The van der Waals surface area contributed by atoms with E-state index in [0.717, 1.165) is 0 Å². The SMILES string of the molecule is CC(C)OCCN(C)C(=O)C(C)C(C)N. The molecule has 90 valence electrons. The number of hydrogen-bond acceptors (Lipinski definition) is 3. The second kappa shape index (κ2) is 6.80. The molecule has 0 heterocycles. The number of amides is 1. The van der Waals surface area contributed by atoms with Crippen molar-refractivity contribution in [1.29, 1.82) is 0 Å². The molecule has 0 aliphatic rings. The van der Waals surface area contributed by atoms with E-state index in [1.807, 2.05) is 27.7 Å². The fourth-order valence-corrected chi connectivity index (χ4v) is 1.11. The van der Waals surface area contributed by atoms with Crippen LogP contribution in [-0.2, 0) is 9.53 Å². The Morgan fingerprint density at radius 1 is 1.33 bits per heavy atom. The van der Waals surface area contributed by atoms with Crippen molar-refractivity contribution in [3.8, 4) is 0 Å². The van der Waals surface area contributed by atoms with Crippen LogP contribution < -0.4 is 5.73 Å². The molecule has 0 spiro atoms. The Labute approximate surface area is 92.8 Å². The summed E-state index contributed by atoms with van der Waals surface area (Å²) in [5.41, 5.74) is 5.67. The highest BCUT2D eigenvalue weighted by molar-refractivity contribution is 5.78. The molecule has 0 radical (unpaired) electrons. The van der Waals surface area contributed by atoms with E-state index < -0.39 is 0 Å². The molecule has 1 amide bonds. The third kappa shape index (κ3) is 5.74. The summed E-state index contributed by atoms with van der Waals surface area (Å²) in [4.78, 5) is 13.4. The van der Waals surface area contributed by atoms with Crippen molar-refractivity contribution in [3.05, 3.63) is 0 Å². The maximum absolute atomic E-state index is 11.8. The molecule has 0 rings (SSSR count). The van der Waals surface area contributed by atoms with Crippen molar-refractivity contribution in [2.75, 3.05) is 20.2 Å². The average Bonchev–Trinajstić information content (AvgIpc) is 2.14. The van der Waals surface area contributed by atoms with Gasteiger partial charge in [0.15, 0.2) is 0 Å². The lowest BCUT2D eigenvalue weighted by atomic mass is 10.0. The smallest absolute Gasteiger partial charge is 0.226 e. The van der Waals surface area contributed by atoms with Crippen LogP contribution in [-0.4, -0.2) is 43.2 Å². The molecule has 0 aliphatic heterocycles. The first kappa shape index (κ1) is 14.4. The van der Waals surface area contributed by atoms with Gasteiger partial charge in [-0.15, -0.1) is 0 Å². The predicted octanol–water partition coefficient (Wildman–Crippen LogP) is 0.853. The highest BCUT2D eigenvalue weighted by atomic mass is 16.5. The summed E-state index contributed by atoms with van der Waals surface area (Å²) in [7, 11) is 1.78. The van der Waals surface area contributed by atoms with Gasteiger partial charge >= 0.3 is 0 Å². The quantitative estimate of drug-likeness (QED) is 0.716. The van der Waals surface area contributed by atoms with E-state index in [-0.39, 0.29) is 24.0 Å². The molecule has 4 heteroatoms. The third-order valence-corrected chi connectivity index (χ3v) is 2.43. The number of nitrogens with two attached hydrogens (primary N) is 1. The minimum Gasteiger partial charge on any atom is -0.377 e. The van der Waals surface area contributed by atoms with E-state index in [1.165, 1.54) is 0 Å². The van der Waals surface area contributed by atoms with Gasteiger partial charge in [-0.1, -0.05) is 6.92 Å². The number of likely N-dealkylation sites (N-methyl/N-ethyl adjacent to an activating group) is 1. The van der Waals surface area contributed by atoms with E-state index in [4.69, 9.17) is 10.5 Å². The molecule has 2 N–H and O–H groups in total. The standard InChI is InChI=1S/C11H24N2O2/c1-8(2)15-7-6-13(5)11(14)9(3)10(4)12/h8-10H,6-7,12H2,1-5H3. The van der Waals surface area contributed by atoms with E-state index in [0.29, 0.717) is 13.2 Å². The van der Waals surface area contributed by atoms with Crippen LogP contribution in [0, 0.1) is 5.92 Å². The van der Waals surface area contributed by atoms with Crippen LogP contribution >= 0.6 is 0 Å². The predicted molar refractivity (Wildman–Crippen MR) is 61.5 cm³/mol. The molecular formula is C11H24N2O2. The van der Waals surface area contributed by atoms with Gasteiger partial charge in [0.05, 0.1) is 18.6 Å². The molecule has 2 unspecified atom stereocenters. The van der Waals surface area contributed by atoms with Crippen LogP contribution in [0.15, 0.2) is 0 Å². The normalized spacial score (nSPS) is 15.1. The minimum atomic E-state index is -0.131. The van der Waals surface area contributed by atoms with Crippen LogP contribution in [0.4, 0.5) is 0 Å². The first-order valence-corrected chi connectivity index (χ1v) is 5.48. The van der Waals surface area contributed by atoms with Gasteiger partial charge in [0.2, 0.25) is 5.91 Å². The highest BCUT2D eigenvalue weighted by Gasteiger charge is 2.20. The minimum absolute atomic E-state index is 0.0809. The zero-order valence-electron chi connectivity index (χ0n) is 10.5. The average molecular weight is 216 g/mol. The van der Waals surface area contributed by atoms with Crippen molar-refractivity contribution in [3.63, 3.8) is 0 Å². The summed E-state index contributed by atoms with van der Waals surface area (Å²) >= 11 is 0. The van der Waals surface area contributed by atoms with Crippen molar-refractivity contribution in [1.82, 2.24) is 4.90 Å². The number of carbonyl (C=O) groups excluding carboxylic acids is 1. The summed E-state index contributed by atoms with van der Waals surface area (Å²) < 4.78 is 5.38. The van der Waals surface area contributed by atoms with E-state index in [2.05, 4.69) is 0 Å². The topological polar surface area (TPSA) is 55.6 Å². The van der Waals surface area contributed by atoms with E-state index >= 15 is 0 Å². The summed E-state index contributed by atoms with van der Waals surface area (Å²) in [6, 6.07) is -0.106. The van der Waals surface area contributed by atoms with Crippen LogP contribution in [0.3, 0.4) is 0 Å². The lowest BCUT2D eigenvalue weighted by Crippen LogP contribution is -2.41. The maximum atomic E-state index is 11.8. The zero-order chi connectivity index (χ0) is 12.0. The number of hydrogen-bond donors (Lipinski definition) is 1. The Morgan fingerprint density at radius 2 is 1.87 bits per heavy atom. The van der Waals surface area contributed by atoms with Gasteiger partial charge in [-0.2, -0.15) is 0 Å². The van der Waals surface area contributed by atoms with Crippen molar-refractivity contribution < 1.29 is 9.53 Å². The lowest BCUT2D eigenvalue weighted by molar-refractivity contribution is -0.135. The molecule has 0 aromatic rings. The Bertz CT molecular complexity index is 193. The molecule has 0 bridgehead atoms. The largest absolute Gasteiger partial charge is 0.377 e. The molecule has 4 nitrogen and oxygen atoms in total. The Morgan fingerprint density at radius 3 is 2.27 bits per heavy atom. The molecule has 15 heavy (non-hydrogen) atoms. The molecule has 0 fully saturated rings. The Hall–Kier alpha value is -0.610. The molecule has 0 aromatic heterocycles. The van der Waals surface area contributed by atoms with E-state index in [1.54, 1.807) is 11.9 Å². The second-order valence-electron chi connectivity index (χ2n) is 4.33. The molecule has 0 aliphatic carbocycles. The second-order valence-corrected chi connectivity index (χ2v) is 4.33. The lowest BCUT2D eigenvalue weighted by Gasteiger charge is -2.23. The van der Waals surface area contributed by atoms with Gasteiger partial charge in [-0.05, 0) is 20.8 Å². The van der Waals surface area contributed by atoms with Crippen molar-refractivity contribution in [2.24, 2.45) is 11.7 Å². The third-order valence-electron chi connectivity index (χ3n) is 2.43. The van der Waals surface area contributed by atoms with Crippen molar-refractivity contribution in [2.45, 2.75) is 39.8 Å². The Balaban J connectivity index is 3.89. The highest BCUT2D eigenvalue weighted by Crippen LogP contribution is 2.04. The van der Waals surface area contributed by atoms with Crippen LogP contribution in [0.5, 0.6) is 0 Å². The molecule has 0 aromatic carbocycles. The summed E-state index contributed by atoms with van der Waals surface area (Å²) in [5, 5.41) is 0. The molecule has 0 saturated carbocycles. The van der Waals surface area contributed by atoms with Gasteiger partial charge in [0.25, 0.3) is 0 Å². The fraction of sp³-hybridized carbons (Fsp3) is 0.909. The van der Waals surface area contributed by atoms with Gasteiger partial charge in [0, 0.05) is 19.6 Å². The number of carbonyl (C=O) groups is 1. The van der Waals surface area contributed by atoms with Crippen molar-refractivity contribution >= 4 is 5.91 Å². The van der Waals surface area contributed by atoms with Gasteiger partial charge < -0.3 is 15.4 Å². The van der Waals surface area contributed by atoms with Crippen LogP contribution in [0.25, 0.3) is 0 Å². The van der Waals surface area contributed by atoms with Gasteiger partial charge in [0.1, 0.15) is 0 Å². The zero-order valence-corrected chi connectivity index (χ0v) is 10.5. The summed E-state index contributed by atoms with van der Waals surface area (Å²) in [5.74, 6) is -0.0496. The Kier molecular flexibility index (Phi) is 6.52. The van der Waals surface area contributed by atoms with Gasteiger partial charge in [-0.3, -0.25) is 4.79 Å². The summed E-state index contributed by atoms with van der Waals surface area (Å²) in [6.45, 7) is 8.85. The fourth-order valence-electron chi connectivity index (χ4n) is 1.11. The number of rotatable bonds is 6. The first-order chi connectivity index (χ1) is 6.86. The first-order valence-electron chi connectivity index (χ1n) is 5.48. The number of nitrogens with zero attached hydrogens (tertiary/aromatic N) is 1.